The first-order chi connectivity index (χ1) is 8.84. The summed E-state index contributed by atoms with van der Waals surface area (Å²) < 4.78 is 0. The molecule has 19 heavy (non-hydrogen) atoms. The third kappa shape index (κ3) is 1.93. The van der Waals surface area contributed by atoms with Crippen LogP contribution in [0, 0.1) is 20.8 Å². The molecule has 0 saturated heterocycles. The van der Waals surface area contributed by atoms with Crippen LogP contribution in [0.25, 0.3) is 10.9 Å². The zero-order valence-corrected chi connectivity index (χ0v) is 11.1. The predicted octanol–water partition coefficient (Wildman–Crippen LogP) is 1.36. The van der Waals surface area contributed by atoms with Gasteiger partial charge in [-0.05, 0) is 38.0 Å². The second-order valence-corrected chi connectivity index (χ2v) is 4.58. The second-order valence-electron chi connectivity index (χ2n) is 4.58. The van der Waals surface area contributed by atoms with Gasteiger partial charge in [0.25, 0.3) is 11.8 Å². The summed E-state index contributed by atoms with van der Waals surface area (Å²) in [7, 11) is 0. The lowest BCUT2D eigenvalue weighted by atomic mass is 9.95. The van der Waals surface area contributed by atoms with Gasteiger partial charge >= 0.3 is 0 Å². The van der Waals surface area contributed by atoms with E-state index in [1.807, 2.05) is 6.92 Å². The largest absolute Gasteiger partial charge is 0.366 e. The summed E-state index contributed by atoms with van der Waals surface area (Å²) in [6.45, 7) is 5.39. The molecule has 0 spiro atoms. The molecule has 2 rings (SSSR count). The molecule has 1 heterocycles. The molecule has 0 radical (unpaired) electrons. The molecule has 0 fully saturated rings. The van der Waals surface area contributed by atoms with Gasteiger partial charge in [0.05, 0.1) is 22.3 Å². The van der Waals surface area contributed by atoms with Gasteiger partial charge in [-0.2, -0.15) is 0 Å². The number of carbonyl (C=O) groups is 2. The third-order valence-electron chi connectivity index (χ3n) is 3.29. The minimum Gasteiger partial charge on any atom is -0.366 e. The van der Waals surface area contributed by atoms with Crippen molar-refractivity contribution in [3.63, 3.8) is 0 Å². The van der Waals surface area contributed by atoms with E-state index in [0.29, 0.717) is 22.3 Å². The summed E-state index contributed by atoms with van der Waals surface area (Å²) in [5, 5.41) is 0.760. The van der Waals surface area contributed by atoms with Crippen molar-refractivity contribution in [2.24, 2.45) is 11.5 Å². The highest BCUT2D eigenvalue weighted by Crippen LogP contribution is 2.27. The van der Waals surface area contributed by atoms with Gasteiger partial charge in [-0.15, -0.1) is 0 Å². The zero-order chi connectivity index (χ0) is 14.3. The maximum atomic E-state index is 11.5. The van der Waals surface area contributed by atoms with E-state index in [2.05, 4.69) is 4.98 Å². The minimum atomic E-state index is -0.539. The molecule has 0 unspecified atom stereocenters. The molecular formula is C14H15N3O2. The summed E-state index contributed by atoms with van der Waals surface area (Å²) in [4.78, 5) is 27.3. The topological polar surface area (TPSA) is 99.1 Å². The van der Waals surface area contributed by atoms with Crippen molar-refractivity contribution in [1.82, 2.24) is 4.98 Å². The number of benzene rings is 1. The minimum absolute atomic E-state index is 0.350. The quantitative estimate of drug-likeness (QED) is 0.849. The average Bonchev–Trinajstić information content (AvgIpc) is 2.27. The van der Waals surface area contributed by atoms with Crippen LogP contribution in [0.2, 0.25) is 0 Å². The number of amides is 2. The van der Waals surface area contributed by atoms with Gasteiger partial charge < -0.3 is 11.5 Å². The fourth-order valence-corrected chi connectivity index (χ4v) is 2.46. The van der Waals surface area contributed by atoms with Crippen molar-refractivity contribution in [3.05, 3.63) is 40.1 Å². The lowest BCUT2D eigenvalue weighted by molar-refractivity contribution is 0.0992. The number of nitrogens with two attached hydrogens (primary N) is 2. The standard InChI is InChI=1S/C14H15N3O2/c1-6-4-5-9(13(15)18)12-10(6)7(2)11(14(16)19)8(3)17-12/h4-5H,1-3H3,(H2,15,18)(H2,16,19). The smallest absolute Gasteiger partial charge is 0.250 e. The summed E-state index contributed by atoms with van der Waals surface area (Å²) in [6.07, 6.45) is 0. The maximum Gasteiger partial charge on any atom is 0.250 e. The van der Waals surface area contributed by atoms with E-state index in [4.69, 9.17) is 11.5 Å². The Morgan fingerprint density at radius 2 is 1.68 bits per heavy atom. The number of carbonyl (C=O) groups excluding carboxylic acids is 2. The van der Waals surface area contributed by atoms with Crippen molar-refractivity contribution < 1.29 is 9.59 Å². The highest BCUT2D eigenvalue weighted by atomic mass is 16.1. The Morgan fingerprint density at radius 1 is 1.05 bits per heavy atom. The van der Waals surface area contributed by atoms with Crippen molar-refractivity contribution in [1.29, 1.82) is 0 Å². The van der Waals surface area contributed by atoms with E-state index in [0.717, 1.165) is 16.5 Å². The van der Waals surface area contributed by atoms with E-state index >= 15 is 0 Å². The fraction of sp³-hybridized carbons (Fsp3) is 0.214. The highest BCUT2D eigenvalue weighted by Gasteiger charge is 2.18. The van der Waals surface area contributed by atoms with Gasteiger partial charge in [-0.25, -0.2) is 0 Å². The molecule has 98 valence electrons. The molecular weight excluding hydrogens is 242 g/mol. The van der Waals surface area contributed by atoms with Crippen molar-refractivity contribution in [2.45, 2.75) is 20.8 Å². The fourth-order valence-electron chi connectivity index (χ4n) is 2.46. The SMILES string of the molecule is Cc1nc2c(C(N)=O)ccc(C)c2c(C)c1C(N)=O. The number of hydrogen-bond donors (Lipinski definition) is 2. The molecule has 0 bridgehead atoms. The van der Waals surface area contributed by atoms with Crippen molar-refractivity contribution >= 4 is 22.7 Å². The molecule has 1 aromatic carbocycles. The number of nitrogens with zero attached hydrogens (tertiary/aromatic N) is 1. The van der Waals surface area contributed by atoms with Gasteiger partial charge in [0.1, 0.15) is 0 Å². The van der Waals surface area contributed by atoms with E-state index in [9.17, 15) is 9.59 Å². The number of pyridine rings is 1. The summed E-state index contributed by atoms with van der Waals surface area (Å²) in [5.41, 5.74) is 14.2. The molecule has 2 aromatic rings. The van der Waals surface area contributed by atoms with Crippen LogP contribution in [-0.2, 0) is 0 Å². The summed E-state index contributed by atoms with van der Waals surface area (Å²) >= 11 is 0. The molecule has 0 saturated carbocycles. The second kappa shape index (κ2) is 4.35. The van der Waals surface area contributed by atoms with E-state index in [1.165, 1.54) is 0 Å². The van der Waals surface area contributed by atoms with Crippen LogP contribution >= 0.6 is 0 Å². The summed E-state index contributed by atoms with van der Waals surface area (Å²) in [6, 6.07) is 3.44. The van der Waals surface area contributed by atoms with E-state index < -0.39 is 11.8 Å². The first-order valence-corrected chi connectivity index (χ1v) is 5.84. The van der Waals surface area contributed by atoms with Gasteiger partial charge in [0.15, 0.2) is 0 Å². The number of aromatic nitrogens is 1. The number of primary amides is 2. The predicted molar refractivity (Wildman–Crippen MR) is 73.0 cm³/mol. The molecule has 5 heteroatoms. The van der Waals surface area contributed by atoms with Crippen LogP contribution in [-0.4, -0.2) is 16.8 Å². The number of fused-ring (bicyclic) bond motifs is 1. The van der Waals surface area contributed by atoms with E-state index in [-0.39, 0.29) is 0 Å². The summed E-state index contributed by atoms with van der Waals surface area (Å²) in [5.74, 6) is -1.06. The Labute approximate surface area is 110 Å². The van der Waals surface area contributed by atoms with Crippen LogP contribution in [0.5, 0.6) is 0 Å². The molecule has 0 atom stereocenters. The van der Waals surface area contributed by atoms with Gasteiger partial charge in [0.2, 0.25) is 0 Å². The van der Waals surface area contributed by atoms with Crippen LogP contribution in [0.4, 0.5) is 0 Å². The molecule has 0 aliphatic carbocycles. The molecule has 0 aliphatic rings. The number of rotatable bonds is 2. The first kappa shape index (κ1) is 13.0. The van der Waals surface area contributed by atoms with Crippen molar-refractivity contribution in [2.75, 3.05) is 0 Å². The average molecular weight is 257 g/mol. The molecule has 0 aliphatic heterocycles. The molecule has 4 N–H and O–H groups in total. The number of aryl methyl sites for hydroxylation is 3. The van der Waals surface area contributed by atoms with Crippen LogP contribution in [0.15, 0.2) is 12.1 Å². The number of hydrogen-bond acceptors (Lipinski definition) is 3. The van der Waals surface area contributed by atoms with Gasteiger partial charge in [-0.1, -0.05) is 6.07 Å². The highest BCUT2D eigenvalue weighted by molar-refractivity contribution is 6.09. The maximum absolute atomic E-state index is 11.5. The van der Waals surface area contributed by atoms with Crippen LogP contribution in [0.3, 0.4) is 0 Å². The van der Waals surface area contributed by atoms with Gasteiger partial charge in [-0.3, -0.25) is 14.6 Å². The van der Waals surface area contributed by atoms with E-state index in [1.54, 1.807) is 26.0 Å². The van der Waals surface area contributed by atoms with Gasteiger partial charge in [0, 0.05) is 5.39 Å². The Kier molecular flexibility index (Phi) is 2.98. The first-order valence-electron chi connectivity index (χ1n) is 5.84. The molecule has 5 nitrogen and oxygen atoms in total. The third-order valence-corrected chi connectivity index (χ3v) is 3.29. The Hall–Kier alpha value is -2.43. The molecule has 1 aromatic heterocycles. The van der Waals surface area contributed by atoms with Crippen molar-refractivity contribution in [3.8, 4) is 0 Å². The zero-order valence-electron chi connectivity index (χ0n) is 11.1. The molecule has 2 amide bonds. The normalized spacial score (nSPS) is 10.7. The Bertz CT molecular complexity index is 720. The van der Waals surface area contributed by atoms with Crippen LogP contribution in [0.1, 0.15) is 37.5 Å². The Morgan fingerprint density at radius 3 is 2.21 bits per heavy atom. The lowest BCUT2D eigenvalue weighted by Crippen LogP contribution is -2.18. The van der Waals surface area contributed by atoms with Crippen LogP contribution < -0.4 is 11.5 Å². The lowest BCUT2D eigenvalue weighted by Gasteiger charge is -2.13. The monoisotopic (exact) mass is 257 g/mol. The Balaban J connectivity index is 3.03.